The van der Waals surface area contributed by atoms with Gasteiger partial charge in [-0.25, -0.2) is 14.4 Å². The van der Waals surface area contributed by atoms with Crippen LogP contribution in [0.15, 0.2) is 48.6 Å². The molecule has 12 nitrogen and oxygen atoms in total. The maximum Gasteiger partial charge on any atom is 0.348 e. The van der Waals surface area contributed by atoms with E-state index in [0.29, 0.717) is 11.1 Å². The average Bonchev–Trinajstić information content (AvgIpc) is 2.87. The lowest BCUT2D eigenvalue weighted by molar-refractivity contribution is -0.207. The average molecular weight is 530 g/mol. The number of rotatable bonds is 8. The molecule has 0 saturated heterocycles. The zero-order chi connectivity index (χ0) is 28.0. The number of carbonyl (C=O) groups excluding carboxylic acids is 2. The van der Waals surface area contributed by atoms with E-state index in [0.717, 1.165) is 18.2 Å². The highest BCUT2D eigenvalue weighted by Gasteiger charge is 2.54. The quantitative estimate of drug-likeness (QED) is 0.163. The van der Waals surface area contributed by atoms with Crippen LogP contribution in [0.5, 0.6) is 23.0 Å². The maximum absolute atomic E-state index is 12.4. The van der Waals surface area contributed by atoms with Crippen LogP contribution < -0.4 is 4.74 Å². The predicted molar refractivity (Wildman–Crippen MR) is 130 cm³/mol. The number of methoxy groups -OCH3 is 1. The molecule has 0 aromatic heterocycles. The minimum Gasteiger partial charge on any atom is -0.504 e. The first-order valence-electron chi connectivity index (χ1n) is 11.2. The number of aliphatic hydroxyl groups excluding tert-OH is 2. The third-order valence-corrected chi connectivity index (χ3v) is 5.83. The first-order chi connectivity index (χ1) is 17.9. The number of carboxylic acids is 1. The number of ether oxygens (including phenoxy) is 3. The Hall–Kier alpha value is -4.55. The molecule has 2 aromatic rings. The Bertz CT molecular complexity index is 1270. The zero-order valence-electron chi connectivity index (χ0n) is 20.1. The van der Waals surface area contributed by atoms with Crippen LogP contribution in [0.1, 0.15) is 24.0 Å². The summed E-state index contributed by atoms with van der Waals surface area (Å²) in [7, 11) is 1.35. The Kier molecular flexibility index (Phi) is 8.61. The topological polar surface area (TPSA) is 200 Å². The predicted octanol–water partition coefficient (Wildman–Crippen LogP) is 1.33. The lowest BCUT2D eigenvalue weighted by Gasteiger charge is -2.41. The van der Waals surface area contributed by atoms with Crippen molar-refractivity contribution < 1.29 is 59.2 Å². The Labute approximate surface area is 216 Å². The van der Waals surface area contributed by atoms with Crippen molar-refractivity contribution in [3.63, 3.8) is 0 Å². The van der Waals surface area contributed by atoms with Crippen molar-refractivity contribution in [2.75, 3.05) is 7.11 Å². The minimum absolute atomic E-state index is 0.109. The summed E-state index contributed by atoms with van der Waals surface area (Å²) in [4.78, 5) is 36.9. The van der Waals surface area contributed by atoms with Crippen molar-refractivity contribution in [1.82, 2.24) is 0 Å². The molecule has 0 aliphatic heterocycles. The van der Waals surface area contributed by atoms with Crippen molar-refractivity contribution in [2.24, 2.45) is 0 Å². The molecule has 0 spiro atoms. The number of esters is 2. The van der Waals surface area contributed by atoms with E-state index in [1.165, 1.54) is 49.6 Å². The monoisotopic (exact) mass is 530 g/mol. The number of phenols is 3. The van der Waals surface area contributed by atoms with Crippen LogP contribution in [-0.4, -0.2) is 79.6 Å². The Morgan fingerprint density at radius 3 is 2.08 bits per heavy atom. The van der Waals surface area contributed by atoms with Crippen molar-refractivity contribution in [3.05, 3.63) is 59.7 Å². The molecule has 0 amide bonds. The molecular weight excluding hydrogens is 504 g/mol. The summed E-state index contributed by atoms with van der Waals surface area (Å²) in [6.07, 6.45) is -1.80. The molecule has 2 aromatic carbocycles. The molecule has 4 unspecified atom stereocenters. The van der Waals surface area contributed by atoms with Crippen LogP contribution in [0, 0.1) is 0 Å². The summed E-state index contributed by atoms with van der Waals surface area (Å²) >= 11 is 0. The number of aliphatic carboxylic acids is 1. The molecular formula is C26H26O12. The van der Waals surface area contributed by atoms with E-state index in [1.807, 2.05) is 0 Å². The van der Waals surface area contributed by atoms with Crippen molar-refractivity contribution in [2.45, 2.75) is 36.8 Å². The van der Waals surface area contributed by atoms with Gasteiger partial charge in [0, 0.05) is 25.0 Å². The van der Waals surface area contributed by atoms with Crippen molar-refractivity contribution in [3.8, 4) is 23.0 Å². The van der Waals surface area contributed by atoms with Gasteiger partial charge in [-0.3, -0.25) is 0 Å². The fraction of sp³-hybridized carbons (Fsp3) is 0.269. The zero-order valence-corrected chi connectivity index (χ0v) is 20.1. The highest BCUT2D eigenvalue weighted by atomic mass is 16.6. The number of carboxylic acid groups (broad SMARTS) is 1. The highest BCUT2D eigenvalue weighted by molar-refractivity contribution is 5.91. The second-order valence-electron chi connectivity index (χ2n) is 8.51. The van der Waals surface area contributed by atoms with Crippen molar-refractivity contribution in [1.29, 1.82) is 0 Å². The van der Waals surface area contributed by atoms with Gasteiger partial charge in [-0.2, -0.15) is 0 Å². The normalized spacial score (nSPS) is 23.3. The molecule has 1 aliphatic rings. The number of benzene rings is 2. The standard InChI is InChI=1S/C26H26O12/c1-36-20-11-15(3-7-17(20)28)4-8-22(31)37-21-13-26(25(34)35,12-19(30)24(21)33)38-23(32)9-5-14-2-6-16(27)18(29)10-14/h2-11,19,21,24,27-30,33H,12-13H2,1H3,(H,34,35). The van der Waals surface area contributed by atoms with Crippen LogP contribution in [0.2, 0.25) is 0 Å². The number of aliphatic hydroxyl groups is 2. The molecule has 0 heterocycles. The third kappa shape index (κ3) is 6.60. The van der Waals surface area contributed by atoms with Crippen LogP contribution in [0.25, 0.3) is 12.2 Å². The number of aromatic hydroxyl groups is 3. The third-order valence-electron chi connectivity index (χ3n) is 5.83. The molecule has 1 aliphatic carbocycles. The molecule has 12 heteroatoms. The van der Waals surface area contributed by atoms with Gasteiger partial charge in [0.05, 0.1) is 13.2 Å². The molecule has 6 N–H and O–H groups in total. The fourth-order valence-corrected chi connectivity index (χ4v) is 3.83. The molecule has 4 atom stereocenters. The second-order valence-corrected chi connectivity index (χ2v) is 8.51. The minimum atomic E-state index is -2.32. The molecule has 3 rings (SSSR count). The van der Waals surface area contributed by atoms with Gasteiger partial charge in [0.15, 0.2) is 23.0 Å². The van der Waals surface area contributed by atoms with Crippen molar-refractivity contribution >= 4 is 30.1 Å². The first kappa shape index (κ1) is 28.0. The Morgan fingerprint density at radius 1 is 0.868 bits per heavy atom. The van der Waals surface area contributed by atoms with Gasteiger partial charge >= 0.3 is 17.9 Å². The molecule has 0 radical (unpaired) electrons. The van der Waals surface area contributed by atoms with Crippen LogP contribution >= 0.6 is 0 Å². The van der Waals surface area contributed by atoms with E-state index in [2.05, 4.69) is 0 Å². The number of hydrogen-bond donors (Lipinski definition) is 6. The molecule has 1 fully saturated rings. The molecule has 202 valence electrons. The van der Waals surface area contributed by atoms with E-state index < -0.39 is 60.4 Å². The Balaban J connectivity index is 1.73. The summed E-state index contributed by atoms with van der Waals surface area (Å²) in [5.41, 5.74) is -1.56. The smallest absolute Gasteiger partial charge is 0.348 e. The molecule has 38 heavy (non-hydrogen) atoms. The lowest BCUT2D eigenvalue weighted by Crippen LogP contribution is -2.58. The van der Waals surface area contributed by atoms with Gasteiger partial charge in [-0.1, -0.05) is 12.1 Å². The largest absolute Gasteiger partial charge is 0.504 e. The molecule has 0 bridgehead atoms. The Morgan fingerprint density at radius 2 is 1.47 bits per heavy atom. The summed E-state index contributed by atoms with van der Waals surface area (Å²) in [6, 6.07) is 8.00. The van der Waals surface area contributed by atoms with Gasteiger partial charge in [0.25, 0.3) is 0 Å². The van der Waals surface area contributed by atoms with E-state index in [-0.39, 0.29) is 17.2 Å². The van der Waals surface area contributed by atoms with E-state index in [9.17, 15) is 45.0 Å². The van der Waals surface area contributed by atoms with E-state index >= 15 is 0 Å². The summed E-state index contributed by atoms with van der Waals surface area (Å²) in [5, 5.41) is 59.0. The summed E-state index contributed by atoms with van der Waals surface area (Å²) < 4.78 is 15.3. The number of phenolic OH excluding ortho intramolecular Hbond substituents is 3. The van der Waals surface area contributed by atoms with Gasteiger partial charge < -0.3 is 44.8 Å². The fourth-order valence-electron chi connectivity index (χ4n) is 3.83. The number of carbonyl (C=O) groups is 3. The van der Waals surface area contributed by atoms with E-state index in [4.69, 9.17) is 14.2 Å². The van der Waals surface area contributed by atoms with E-state index in [1.54, 1.807) is 0 Å². The lowest BCUT2D eigenvalue weighted by atomic mass is 9.79. The first-order valence-corrected chi connectivity index (χ1v) is 11.2. The maximum atomic E-state index is 12.4. The van der Waals surface area contributed by atoms with Gasteiger partial charge in [-0.15, -0.1) is 0 Å². The van der Waals surface area contributed by atoms with Gasteiger partial charge in [0.1, 0.15) is 12.2 Å². The van der Waals surface area contributed by atoms with Crippen LogP contribution in [0.3, 0.4) is 0 Å². The number of hydrogen-bond acceptors (Lipinski definition) is 11. The molecule has 1 saturated carbocycles. The highest BCUT2D eigenvalue weighted by Crippen LogP contribution is 2.35. The van der Waals surface area contributed by atoms with Crippen LogP contribution in [-0.2, 0) is 23.9 Å². The summed E-state index contributed by atoms with van der Waals surface area (Å²) in [5.74, 6) is -4.47. The SMILES string of the molecule is COc1cc(C=CC(=O)OC2CC(OC(=O)C=Cc3ccc(O)c(O)c3)(C(=O)O)CC(O)C2O)ccc1O. The van der Waals surface area contributed by atoms with Crippen LogP contribution in [0.4, 0.5) is 0 Å². The van der Waals surface area contributed by atoms with Gasteiger partial charge in [0.2, 0.25) is 5.60 Å². The van der Waals surface area contributed by atoms with Gasteiger partial charge in [-0.05, 0) is 47.5 Å². The summed E-state index contributed by atoms with van der Waals surface area (Å²) in [6.45, 7) is 0. The second kappa shape index (κ2) is 11.7.